The molecule has 1 N–H and O–H groups in total. The summed E-state index contributed by atoms with van der Waals surface area (Å²) in [5.41, 5.74) is -2.60. The summed E-state index contributed by atoms with van der Waals surface area (Å²) in [5.74, 6) is -1.01. The predicted octanol–water partition coefficient (Wildman–Crippen LogP) is 1.20. The molecule has 1 atom stereocenters. The Kier molecular flexibility index (Phi) is 2.86. The Labute approximate surface area is 95.3 Å². The van der Waals surface area contributed by atoms with Gasteiger partial charge >= 0.3 is 6.18 Å². The molecule has 2 heterocycles. The van der Waals surface area contributed by atoms with Crippen LogP contribution in [0.1, 0.15) is 16.9 Å². The van der Waals surface area contributed by atoms with Crippen LogP contribution in [0, 0.1) is 5.41 Å². The average molecular weight is 245 g/mol. The van der Waals surface area contributed by atoms with Crippen LogP contribution in [0.2, 0.25) is 0 Å². The van der Waals surface area contributed by atoms with Crippen LogP contribution in [0.4, 0.5) is 13.2 Å². The zero-order chi connectivity index (χ0) is 12.5. The van der Waals surface area contributed by atoms with Crippen LogP contribution in [0.5, 0.6) is 0 Å². The number of ketones is 1. The van der Waals surface area contributed by atoms with Crippen LogP contribution in [0.3, 0.4) is 0 Å². The van der Waals surface area contributed by atoms with E-state index in [1.165, 1.54) is 12.4 Å². The Morgan fingerprint density at radius 3 is 2.65 bits per heavy atom. The summed E-state index contributed by atoms with van der Waals surface area (Å²) < 4.78 is 39.1. The Morgan fingerprint density at radius 1 is 1.41 bits per heavy atom. The first-order valence-corrected chi connectivity index (χ1v) is 5.06. The number of nitrogens with zero attached hydrogens (tertiary/aromatic N) is 2. The molecule has 0 aliphatic carbocycles. The maximum atomic E-state index is 13.0. The summed E-state index contributed by atoms with van der Waals surface area (Å²) in [6.45, 7) is -0.225. The van der Waals surface area contributed by atoms with Crippen molar-refractivity contribution in [2.24, 2.45) is 5.41 Å². The Bertz CT molecular complexity index is 413. The van der Waals surface area contributed by atoms with Crippen molar-refractivity contribution < 1.29 is 18.0 Å². The van der Waals surface area contributed by atoms with Gasteiger partial charge in [0.1, 0.15) is 11.1 Å². The first-order chi connectivity index (χ1) is 7.97. The number of halogens is 3. The molecule has 0 bridgehead atoms. The summed E-state index contributed by atoms with van der Waals surface area (Å²) in [4.78, 5) is 19.2. The molecule has 1 aliphatic rings. The number of nitrogens with one attached hydrogen (secondary N) is 1. The number of Topliss-reactive ketones (excluding diaryl/α,β-unsaturated/α-hetero) is 1. The van der Waals surface area contributed by atoms with Crippen molar-refractivity contribution in [1.82, 2.24) is 15.3 Å². The molecule has 1 fully saturated rings. The van der Waals surface area contributed by atoms with E-state index >= 15 is 0 Å². The summed E-state index contributed by atoms with van der Waals surface area (Å²) in [7, 11) is 0. The number of rotatable bonds is 2. The van der Waals surface area contributed by atoms with Crippen molar-refractivity contribution in [3.8, 4) is 0 Å². The summed E-state index contributed by atoms with van der Waals surface area (Å²) in [6.07, 6.45) is -1.26. The van der Waals surface area contributed by atoms with Crippen molar-refractivity contribution in [2.45, 2.75) is 12.6 Å². The van der Waals surface area contributed by atoms with Crippen molar-refractivity contribution in [1.29, 1.82) is 0 Å². The highest BCUT2D eigenvalue weighted by Crippen LogP contribution is 2.44. The number of carbonyl (C=O) groups excluding carboxylic acids is 1. The zero-order valence-electron chi connectivity index (χ0n) is 8.79. The van der Waals surface area contributed by atoms with Crippen molar-refractivity contribution in [3.05, 3.63) is 24.3 Å². The zero-order valence-corrected chi connectivity index (χ0v) is 8.79. The summed E-state index contributed by atoms with van der Waals surface area (Å²) in [5, 5.41) is 2.58. The molecule has 0 saturated carbocycles. The van der Waals surface area contributed by atoms with Crippen LogP contribution in [-0.4, -0.2) is 35.0 Å². The van der Waals surface area contributed by atoms with Gasteiger partial charge in [-0.15, -0.1) is 0 Å². The fraction of sp³-hybridized carbons (Fsp3) is 0.500. The molecule has 1 aromatic heterocycles. The molecular weight excluding hydrogens is 235 g/mol. The number of alkyl halides is 3. The van der Waals surface area contributed by atoms with E-state index in [9.17, 15) is 18.0 Å². The minimum atomic E-state index is -4.58. The van der Waals surface area contributed by atoms with Gasteiger partial charge in [-0.25, -0.2) is 4.98 Å². The molecule has 0 spiro atoms. The fourth-order valence-electron chi connectivity index (χ4n) is 1.92. The van der Waals surface area contributed by atoms with Crippen LogP contribution in [0.25, 0.3) is 0 Å². The van der Waals surface area contributed by atoms with Crippen LogP contribution >= 0.6 is 0 Å². The quantitative estimate of drug-likeness (QED) is 0.795. The monoisotopic (exact) mass is 245 g/mol. The van der Waals surface area contributed by atoms with Crippen LogP contribution in [0.15, 0.2) is 18.6 Å². The van der Waals surface area contributed by atoms with Gasteiger partial charge in [-0.1, -0.05) is 0 Å². The highest BCUT2D eigenvalue weighted by molar-refractivity contribution is 5.99. The van der Waals surface area contributed by atoms with Gasteiger partial charge in [-0.2, -0.15) is 13.2 Å². The lowest BCUT2D eigenvalue weighted by molar-refractivity contribution is -0.197. The third kappa shape index (κ3) is 1.90. The largest absolute Gasteiger partial charge is 0.403 e. The maximum Gasteiger partial charge on any atom is 0.403 e. The van der Waals surface area contributed by atoms with E-state index in [0.29, 0.717) is 0 Å². The maximum absolute atomic E-state index is 13.0. The van der Waals surface area contributed by atoms with Gasteiger partial charge in [0.25, 0.3) is 0 Å². The van der Waals surface area contributed by atoms with E-state index in [2.05, 4.69) is 15.3 Å². The molecule has 2 rings (SSSR count). The molecule has 7 heteroatoms. The van der Waals surface area contributed by atoms with E-state index in [0.717, 1.165) is 6.20 Å². The molecule has 1 unspecified atom stereocenters. The Morgan fingerprint density at radius 2 is 2.18 bits per heavy atom. The Hall–Kier alpha value is -1.50. The number of carbonyl (C=O) groups is 1. The lowest BCUT2D eigenvalue weighted by Gasteiger charge is -2.28. The van der Waals surface area contributed by atoms with Crippen LogP contribution < -0.4 is 5.32 Å². The molecule has 0 amide bonds. The predicted molar refractivity (Wildman–Crippen MR) is 52.3 cm³/mol. The summed E-state index contributed by atoms with van der Waals surface area (Å²) in [6, 6.07) is 0. The molecule has 1 aliphatic heterocycles. The highest BCUT2D eigenvalue weighted by Gasteiger charge is 2.61. The molecule has 0 aromatic carbocycles. The van der Waals surface area contributed by atoms with Gasteiger partial charge in [-0.3, -0.25) is 9.78 Å². The molecule has 0 radical (unpaired) electrons. The second-order valence-corrected chi connectivity index (χ2v) is 3.93. The third-order valence-corrected chi connectivity index (χ3v) is 2.93. The standard InChI is InChI=1S/C10H10F3N3O/c11-10(12,13)9(1-2-15-6-9)8(17)7-5-14-3-4-16-7/h3-5,15H,1-2,6H2. The van der Waals surface area contributed by atoms with E-state index in [1.54, 1.807) is 0 Å². The van der Waals surface area contributed by atoms with Crippen molar-refractivity contribution in [2.75, 3.05) is 13.1 Å². The number of aromatic nitrogens is 2. The lowest BCUT2D eigenvalue weighted by atomic mass is 9.80. The SMILES string of the molecule is O=C(c1cnccn1)C1(C(F)(F)F)CCNC1. The van der Waals surface area contributed by atoms with Gasteiger partial charge in [0.2, 0.25) is 0 Å². The van der Waals surface area contributed by atoms with Gasteiger partial charge in [0.15, 0.2) is 5.78 Å². The van der Waals surface area contributed by atoms with Gasteiger partial charge < -0.3 is 5.32 Å². The van der Waals surface area contributed by atoms with E-state index in [4.69, 9.17) is 0 Å². The van der Waals surface area contributed by atoms with E-state index in [-0.39, 0.29) is 18.7 Å². The first kappa shape index (κ1) is 12.0. The van der Waals surface area contributed by atoms with E-state index in [1.807, 2.05) is 0 Å². The second-order valence-electron chi connectivity index (χ2n) is 3.93. The molecule has 1 aromatic rings. The third-order valence-electron chi connectivity index (χ3n) is 2.93. The topological polar surface area (TPSA) is 54.9 Å². The smallest absolute Gasteiger partial charge is 0.315 e. The number of hydrogen-bond donors (Lipinski definition) is 1. The fourth-order valence-corrected chi connectivity index (χ4v) is 1.92. The molecule has 92 valence electrons. The highest BCUT2D eigenvalue weighted by atomic mass is 19.4. The first-order valence-electron chi connectivity index (χ1n) is 5.06. The van der Waals surface area contributed by atoms with Gasteiger partial charge in [0, 0.05) is 18.9 Å². The lowest BCUT2D eigenvalue weighted by Crippen LogP contribution is -2.47. The molecular formula is C10H10F3N3O. The average Bonchev–Trinajstić information content (AvgIpc) is 2.79. The second kappa shape index (κ2) is 4.06. The van der Waals surface area contributed by atoms with Crippen LogP contribution in [-0.2, 0) is 0 Å². The van der Waals surface area contributed by atoms with Crippen molar-refractivity contribution in [3.63, 3.8) is 0 Å². The Balaban J connectivity index is 2.39. The van der Waals surface area contributed by atoms with Gasteiger partial charge in [-0.05, 0) is 13.0 Å². The summed E-state index contributed by atoms with van der Waals surface area (Å²) >= 11 is 0. The van der Waals surface area contributed by atoms with Gasteiger partial charge in [0.05, 0.1) is 6.20 Å². The van der Waals surface area contributed by atoms with E-state index < -0.39 is 23.9 Å². The van der Waals surface area contributed by atoms with Crippen molar-refractivity contribution >= 4 is 5.78 Å². The minimum Gasteiger partial charge on any atom is -0.315 e. The minimum absolute atomic E-state index is 0.172. The number of hydrogen-bond acceptors (Lipinski definition) is 4. The normalized spacial score (nSPS) is 24.9. The molecule has 4 nitrogen and oxygen atoms in total. The molecule has 1 saturated heterocycles. The molecule has 17 heavy (non-hydrogen) atoms.